The Labute approximate surface area is 137 Å². The van der Waals surface area contributed by atoms with Crippen molar-refractivity contribution in [2.75, 3.05) is 46.8 Å². The number of rotatable bonds is 5. The number of hydrogen-bond acceptors (Lipinski definition) is 3. The molecule has 0 aromatic heterocycles. The van der Waals surface area contributed by atoms with Crippen LogP contribution in [-0.4, -0.2) is 68.7 Å². The largest absolute Gasteiger partial charge is 0.338 e. The number of nitrogens with one attached hydrogen (secondary N) is 2. The van der Waals surface area contributed by atoms with Gasteiger partial charge in [-0.1, -0.05) is 6.07 Å². The molecule has 1 aromatic carbocycles. The molecule has 2 amide bonds. The lowest BCUT2D eigenvalue weighted by Gasteiger charge is -2.37. The van der Waals surface area contributed by atoms with Crippen LogP contribution in [0.2, 0.25) is 0 Å². The molecule has 128 valence electrons. The van der Waals surface area contributed by atoms with Crippen LogP contribution in [0.15, 0.2) is 18.2 Å². The van der Waals surface area contributed by atoms with Gasteiger partial charge in [-0.05, 0) is 50.7 Å². The zero-order valence-corrected chi connectivity index (χ0v) is 14.2. The molecule has 0 unspecified atom stereocenters. The maximum atomic E-state index is 13.0. The Morgan fingerprint density at radius 2 is 2.09 bits per heavy atom. The normalized spacial score (nSPS) is 19.6. The molecule has 0 bridgehead atoms. The van der Waals surface area contributed by atoms with Crippen LogP contribution < -0.4 is 10.6 Å². The lowest BCUT2D eigenvalue weighted by Crippen LogP contribution is -2.55. The highest BCUT2D eigenvalue weighted by Gasteiger charge is 2.22. The molecule has 0 spiro atoms. The van der Waals surface area contributed by atoms with Crippen LogP contribution in [0.5, 0.6) is 0 Å². The predicted octanol–water partition coefficient (Wildman–Crippen LogP) is 1.22. The van der Waals surface area contributed by atoms with Crippen molar-refractivity contribution in [2.45, 2.75) is 19.4 Å². The Kier molecular flexibility index (Phi) is 6.36. The van der Waals surface area contributed by atoms with Crippen LogP contribution in [0.3, 0.4) is 0 Å². The molecule has 1 fully saturated rings. The van der Waals surface area contributed by atoms with E-state index in [-0.39, 0.29) is 11.8 Å². The lowest BCUT2D eigenvalue weighted by molar-refractivity contribution is 0.114. The summed E-state index contributed by atoms with van der Waals surface area (Å²) in [5, 5.41) is 5.80. The molecule has 0 aliphatic carbocycles. The Balaban J connectivity index is 1.69. The van der Waals surface area contributed by atoms with Crippen LogP contribution in [0.25, 0.3) is 0 Å². The van der Waals surface area contributed by atoms with Crippen molar-refractivity contribution in [3.8, 4) is 0 Å². The minimum atomic E-state index is -0.224. The molecule has 1 heterocycles. The average molecular weight is 322 g/mol. The number of halogens is 1. The Morgan fingerprint density at radius 1 is 1.30 bits per heavy atom. The number of piperazine rings is 1. The van der Waals surface area contributed by atoms with Gasteiger partial charge in [0.1, 0.15) is 5.82 Å². The third-order valence-corrected chi connectivity index (χ3v) is 4.46. The summed E-state index contributed by atoms with van der Waals surface area (Å²) in [6, 6.07) is 4.95. The highest BCUT2D eigenvalue weighted by atomic mass is 19.1. The topological polar surface area (TPSA) is 47.6 Å². The number of carbonyl (C=O) groups excluding carboxylic acids is 1. The molecule has 1 saturated heterocycles. The van der Waals surface area contributed by atoms with Crippen molar-refractivity contribution in [3.05, 3.63) is 35.1 Å². The fourth-order valence-corrected chi connectivity index (χ4v) is 2.85. The van der Waals surface area contributed by atoms with Gasteiger partial charge in [-0.25, -0.2) is 9.18 Å². The molecule has 23 heavy (non-hydrogen) atoms. The van der Waals surface area contributed by atoms with Crippen molar-refractivity contribution in [1.29, 1.82) is 0 Å². The minimum absolute atomic E-state index is 0.147. The third kappa shape index (κ3) is 5.48. The van der Waals surface area contributed by atoms with E-state index >= 15 is 0 Å². The molecule has 5 nitrogen and oxygen atoms in total. The Bertz CT molecular complexity index is 537. The number of nitrogens with zero attached hydrogens (tertiary/aromatic N) is 2. The first-order valence-corrected chi connectivity index (χ1v) is 8.11. The van der Waals surface area contributed by atoms with Gasteiger partial charge >= 0.3 is 6.03 Å². The van der Waals surface area contributed by atoms with Crippen molar-refractivity contribution in [1.82, 2.24) is 20.4 Å². The molecular formula is C17H27FN4O. The van der Waals surface area contributed by atoms with Gasteiger partial charge in [0.2, 0.25) is 0 Å². The van der Waals surface area contributed by atoms with Crippen LogP contribution in [-0.2, 0) is 6.42 Å². The van der Waals surface area contributed by atoms with E-state index in [1.807, 2.05) is 6.92 Å². The molecule has 1 aliphatic rings. The zero-order valence-electron chi connectivity index (χ0n) is 14.2. The van der Waals surface area contributed by atoms with E-state index < -0.39 is 0 Å². The van der Waals surface area contributed by atoms with Crippen molar-refractivity contribution < 1.29 is 9.18 Å². The first kappa shape index (κ1) is 17.7. The summed E-state index contributed by atoms with van der Waals surface area (Å²) in [6.45, 7) is 6.12. The quantitative estimate of drug-likeness (QED) is 0.857. The number of hydrogen-bond donors (Lipinski definition) is 2. The molecular weight excluding hydrogens is 295 g/mol. The van der Waals surface area contributed by atoms with E-state index in [9.17, 15) is 9.18 Å². The smallest absolute Gasteiger partial charge is 0.314 e. The standard InChI is InChI=1S/C17H27FN4O/c1-13-10-15(18)5-4-14(13)6-7-19-17(23)20-11-16-12-21(2)8-9-22(16)3/h4-5,10,16H,6-9,11-12H2,1-3H3,(H2,19,20,23)/t16-/m0/s1. The van der Waals surface area contributed by atoms with Crippen LogP contribution >= 0.6 is 0 Å². The highest BCUT2D eigenvalue weighted by molar-refractivity contribution is 5.73. The molecule has 1 atom stereocenters. The van der Waals surface area contributed by atoms with E-state index in [0.717, 1.165) is 30.8 Å². The molecule has 1 aliphatic heterocycles. The summed E-state index contributed by atoms with van der Waals surface area (Å²) in [5.74, 6) is -0.224. The van der Waals surface area contributed by atoms with Crippen LogP contribution in [0, 0.1) is 12.7 Å². The molecule has 1 aromatic rings. The van der Waals surface area contributed by atoms with Gasteiger partial charge in [-0.3, -0.25) is 4.90 Å². The van der Waals surface area contributed by atoms with Crippen LogP contribution in [0.4, 0.5) is 9.18 Å². The molecule has 0 radical (unpaired) electrons. The van der Waals surface area contributed by atoms with Crippen molar-refractivity contribution in [3.63, 3.8) is 0 Å². The number of benzene rings is 1. The first-order chi connectivity index (χ1) is 11.0. The van der Waals surface area contributed by atoms with Gasteiger partial charge in [0, 0.05) is 38.8 Å². The molecule has 2 N–H and O–H groups in total. The Morgan fingerprint density at radius 3 is 2.83 bits per heavy atom. The number of carbonyl (C=O) groups is 1. The summed E-state index contributed by atoms with van der Waals surface area (Å²) in [4.78, 5) is 16.4. The number of urea groups is 1. The summed E-state index contributed by atoms with van der Waals surface area (Å²) < 4.78 is 13.0. The molecule has 6 heteroatoms. The van der Waals surface area contributed by atoms with Gasteiger partial charge < -0.3 is 15.5 Å². The highest BCUT2D eigenvalue weighted by Crippen LogP contribution is 2.10. The fourth-order valence-electron chi connectivity index (χ4n) is 2.85. The van der Waals surface area contributed by atoms with E-state index in [2.05, 4.69) is 34.5 Å². The third-order valence-electron chi connectivity index (χ3n) is 4.46. The fraction of sp³-hybridized carbons (Fsp3) is 0.588. The minimum Gasteiger partial charge on any atom is -0.338 e. The van der Waals surface area contributed by atoms with E-state index in [1.54, 1.807) is 6.07 Å². The van der Waals surface area contributed by atoms with Gasteiger partial charge in [-0.15, -0.1) is 0 Å². The van der Waals surface area contributed by atoms with E-state index in [0.29, 0.717) is 25.6 Å². The van der Waals surface area contributed by atoms with Gasteiger partial charge in [0.25, 0.3) is 0 Å². The van der Waals surface area contributed by atoms with Crippen LogP contribution in [0.1, 0.15) is 11.1 Å². The van der Waals surface area contributed by atoms with Gasteiger partial charge in [0.15, 0.2) is 0 Å². The summed E-state index contributed by atoms with van der Waals surface area (Å²) in [5.41, 5.74) is 1.97. The Hall–Kier alpha value is -1.66. The summed E-state index contributed by atoms with van der Waals surface area (Å²) in [7, 11) is 4.19. The monoisotopic (exact) mass is 322 g/mol. The van der Waals surface area contributed by atoms with Crippen molar-refractivity contribution >= 4 is 6.03 Å². The summed E-state index contributed by atoms with van der Waals surface area (Å²) >= 11 is 0. The second kappa shape index (κ2) is 8.26. The predicted molar refractivity (Wildman–Crippen MR) is 90.2 cm³/mol. The number of amides is 2. The maximum Gasteiger partial charge on any atom is 0.314 e. The molecule has 2 rings (SSSR count). The SMILES string of the molecule is Cc1cc(F)ccc1CCNC(=O)NC[C@H]1CN(C)CCN1C. The maximum absolute atomic E-state index is 13.0. The molecule has 0 saturated carbocycles. The number of likely N-dealkylation sites (N-methyl/N-ethyl adjacent to an activating group) is 2. The van der Waals surface area contributed by atoms with Gasteiger partial charge in [-0.2, -0.15) is 0 Å². The first-order valence-electron chi connectivity index (χ1n) is 8.11. The summed E-state index contributed by atoms with van der Waals surface area (Å²) in [6.07, 6.45) is 0.700. The van der Waals surface area contributed by atoms with E-state index in [4.69, 9.17) is 0 Å². The lowest BCUT2D eigenvalue weighted by atomic mass is 10.1. The second-order valence-corrected chi connectivity index (χ2v) is 6.35. The van der Waals surface area contributed by atoms with Crippen molar-refractivity contribution in [2.24, 2.45) is 0 Å². The number of aryl methyl sites for hydroxylation is 1. The zero-order chi connectivity index (χ0) is 16.8. The van der Waals surface area contributed by atoms with Gasteiger partial charge in [0.05, 0.1) is 0 Å². The van der Waals surface area contributed by atoms with E-state index in [1.165, 1.54) is 12.1 Å². The average Bonchev–Trinajstić information content (AvgIpc) is 2.50. The second-order valence-electron chi connectivity index (χ2n) is 6.35.